The number of hydrogen-bond acceptors (Lipinski definition) is 2. The van der Waals surface area contributed by atoms with Crippen molar-refractivity contribution in [3.8, 4) is 0 Å². The topological polar surface area (TPSA) is 39.0 Å². The van der Waals surface area contributed by atoms with Crippen molar-refractivity contribution in [2.24, 2.45) is 0 Å². The fourth-order valence-electron chi connectivity index (χ4n) is 4.07. The van der Waals surface area contributed by atoms with Gasteiger partial charge in [0, 0.05) is 27.9 Å². The molecular weight excluding hydrogens is 544 g/mol. The molecule has 1 unspecified atom stereocenters. The van der Waals surface area contributed by atoms with Gasteiger partial charge < -0.3 is 21.4 Å². The lowest BCUT2D eigenvalue weighted by Gasteiger charge is -2.13. The zero-order chi connectivity index (χ0) is 22.1. The zero-order valence-electron chi connectivity index (χ0n) is 18.0. The fraction of sp³-hybridized carbons (Fsp3) is 0.111. The van der Waals surface area contributed by atoms with Crippen LogP contribution in [0.4, 0.5) is 0 Å². The highest BCUT2D eigenvalue weighted by Crippen LogP contribution is 2.32. The Balaban J connectivity index is 0.00000259. The predicted octanol–water partition coefficient (Wildman–Crippen LogP) is 3.12. The Hall–Kier alpha value is -2.96. The lowest BCUT2D eigenvalue weighted by atomic mass is 10.0. The maximum atomic E-state index is 12.9. The standard InChI is InChI=1S/C27H22BrN2O2.BrH/c1-19-29(18-24(31)20-11-13-23(28)14-12-20)15-16-30(19)27(21-7-3-2-4-8-21)26-17-22-9-5-6-10-25(22)32-26;/h2-17,27H,18H2,1H3;1H/q+1;/p-1. The van der Waals surface area contributed by atoms with Crippen LogP contribution in [0.15, 0.2) is 106 Å². The lowest BCUT2D eigenvalue weighted by Crippen LogP contribution is -3.00. The van der Waals surface area contributed by atoms with Gasteiger partial charge in [-0.1, -0.05) is 76.6 Å². The van der Waals surface area contributed by atoms with Gasteiger partial charge >= 0.3 is 0 Å². The molecule has 166 valence electrons. The fourth-order valence-corrected chi connectivity index (χ4v) is 4.34. The van der Waals surface area contributed by atoms with Crippen molar-refractivity contribution in [2.75, 3.05) is 0 Å². The number of Topliss-reactive ketones (excluding diaryl/α,β-unsaturated/α-hetero) is 1. The minimum atomic E-state index is -0.132. The number of hydrogen-bond donors (Lipinski definition) is 0. The zero-order valence-corrected chi connectivity index (χ0v) is 21.2. The number of halogens is 2. The van der Waals surface area contributed by atoms with Gasteiger partial charge in [0.05, 0.1) is 0 Å². The summed E-state index contributed by atoms with van der Waals surface area (Å²) < 4.78 is 11.4. The highest BCUT2D eigenvalue weighted by atomic mass is 79.9. The average molecular weight is 566 g/mol. The third-order valence-electron chi connectivity index (χ3n) is 5.78. The van der Waals surface area contributed by atoms with E-state index in [1.54, 1.807) is 0 Å². The molecule has 0 saturated heterocycles. The molecule has 0 aliphatic rings. The Morgan fingerprint density at radius 2 is 1.70 bits per heavy atom. The van der Waals surface area contributed by atoms with Crippen molar-refractivity contribution < 1.29 is 30.8 Å². The number of rotatable bonds is 6. The molecule has 5 rings (SSSR count). The van der Waals surface area contributed by atoms with E-state index in [0.717, 1.165) is 32.6 Å². The Morgan fingerprint density at radius 1 is 1.00 bits per heavy atom. The molecule has 0 aliphatic heterocycles. The number of imidazole rings is 1. The van der Waals surface area contributed by atoms with Crippen LogP contribution in [0.1, 0.15) is 33.5 Å². The third-order valence-corrected chi connectivity index (χ3v) is 6.31. The van der Waals surface area contributed by atoms with Crippen molar-refractivity contribution in [2.45, 2.75) is 19.5 Å². The molecule has 0 amide bonds. The highest BCUT2D eigenvalue weighted by molar-refractivity contribution is 9.10. The maximum Gasteiger partial charge on any atom is 0.254 e. The van der Waals surface area contributed by atoms with E-state index >= 15 is 0 Å². The number of nitrogens with zero attached hydrogens (tertiary/aromatic N) is 2. The third kappa shape index (κ3) is 4.72. The molecule has 0 N–H and O–H groups in total. The molecule has 2 aromatic heterocycles. The monoisotopic (exact) mass is 564 g/mol. The minimum absolute atomic E-state index is 0. The largest absolute Gasteiger partial charge is 1.00 e. The number of fused-ring (bicyclic) bond motifs is 1. The van der Waals surface area contributed by atoms with Crippen molar-refractivity contribution >= 4 is 32.7 Å². The molecule has 0 bridgehead atoms. The van der Waals surface area contributed by atoms with Crippen molar-refractivity contribution in [3.05, 3.63) is 125 Å². The molecule has 2 heterocycles. The Morgan fingerprint density at radius 3 is 2.42 bits per heavy atom. The number of aromatic nitrogens is 2. The van der Waals surface area contributed by atoms with Crippen LogP contribution in [-0.4, -0.2) is 10.4 Å². The van der Waals surface area contributed by atoms with E-state index in [9.17, 15) is 4.79 Å². The molecule has 4 nitrogen and oxygen atoms in total. The number of furan rings is 1. The number of carbonyl (C=O) groups is 1. The molecule has 5 aromatic rings. The lowest BCUT2D eigenvalue weighted by molar-refractivity contribution is -0.688. The minimum Gasteiger partial charge on any atom is -1.00 e. The normalized spacial score (nSPS) is 11.8. The summed E-state index contributed by atoms with van der Waals surface area (Å²) in [5, 5.41) is 1.08. The molecular formula is C27H22Br2N2O2. The van der Waals surface area contributed by atoms with Gasteiger partial charge in [-0.05, 0) is 24.3 Å². The van der Waals surface area contributed by atoms with Gasteiger partial charge in [0.2, 0.25) is 5.78 Å². The first-order valence-corrected chi connectivity index (χ1v) is 11.3. The average Bonchev–Trinajstić information content (AvgIpc) is 3.39. The number of ketones is 1. The van der Waals surface area contributed by atoms with Crippen molar-refractivity contribution in [1.82, 2.24) is 4.57 Å². The van der Waals surface area contributed by atoms with Gasteiger partial charge in [0.1, 0.15) is 18.0 Å². The van der Waals surface area contributed by atoms with E-state index in [0.29, 0.717) is 5.56 Å². The first-order valence-electron chi connectivity index (χ1n) is 10.5. The molecule has 6 heteroatoms. The molecule has 0 aliphatic carbocycles. The van der Waals surface area contributed by atoms with Gasteiger partial charge in [-0.2, -0.15) is 0 Å². The van der Waals surface area contributed by atoms with Crippen LogP contribution in [0.5, 0.6) is 0 Å². The second kappa shape index (κ2) is 9.89. The van der Waals surface area contributed by atoms with E-state index < -0.39 is 0 Å². The highest BCUT2D eigenvalue weighted by Gasteiger charge is 2.29. The van der Waals surface area contributed by atoms with Gasteiger partial charge in [0.15, 0.2) is 18.3 Å². The second-order valence-electron chi connectivity index (χ2n) is 7.81. The van der Waals surface area contributed by atoms with Gasteiger partial charge in [-0.25, -0.2) is 9.13 Å². The van der Waals surface area contributed by atoms with Crippen LogP contribution in [0.2, 0.25) is 0 Å². The smallest absolute Gasteiger partial charge is 0.254 e. The number of para-hydroxylation sites is 1. The molecule has 0 fully saturated rings. The Labute approximate surface area is 211 Å². The summed E-state index contributed by atoms with van der Waals surface area (Å²) in [6, 6.07) is 27.8. The van der Waals surface area contributed by atoms with E-state index in [4.69, 9.17) is 4.42 Å². The summed E-state index contributed by atoms with van der Waals surface area (Å²) in [5.74, 6) is 1.91. The Bertz CT molecular complexity index is 1360. The van der Waals surface area contributed by atoms with E-state index in [-0.39, 0.29) is 35.4 Å². The summed E-state index contributed by atoms with van der Waals surface area (Å²) >= 11 is 3.42. The first-order chi connectivity index (χ1) is 15.6. The summed E-state index contributed by atoms with van der Waals surface area (Å²) in [5.41, 5.74) is 2.69. The molecule has 33 heavy (non-hydrogen) atoms. The maximum absolute atomic E-state index is 12.9. The van der Waals surface area contributed by atoms with Crippen LogP contribution in [0, 0.1) is 6.92 Å². The summed E-state index contributed by atoms with van der Waals surface area (Å²) in [4.78, 5) is 12.9. The quantitative estimate of drug-likeness (QED) is 0.234. The molecule has 0 spiro atoms. The second-order valence-corrected chi connectivity index (χ2v) is 8.73. The van der Waals surface area contributed by atoms with Crippen LogP contribution < -0.4 is 21.5 Å². The van der Waals surface area contributed by atoms with Crippen molar-refractivity contribution in [1.29, 1.82) is 0 Å². The van der Waals surface area contributed by atoms with Gasteiger partial charge in [-0.3, -0.25) is 4.79 Å². The van der Waals surface area contributed by atoms with Crippen LogP contribution in [0.25, 0.3) is 11.0 Å². The molecule has 0 radical (unpaired) electrons. The van der Waals surface area contributed by atoms with E-state index in [2.05, 4.69) is 44.8 Å². The number of benzene rings is 3. The van der Waals surface area contributed by atoms with Gasteiger partial charge in [0.25, 0.3) is 5.82 Å². The van der Waals surface area contributed by atoms with Crippen molar-refractivity contribution in [3.63, 3.8) is 0 Å². The molecule has 3 aromatic carbocycles. The van der Waals surface area contributed by atoms with Crippen LogP contribution in [0.3, 0.4) is 0 Å². The van der Waals surface area contributed by atoms with Gasteiger partial charge in [-0.15, -0.1) is 0 Å². The number of carbonyl (C=O) groups excluding carboxylic acids is 1. The molecule has 0 saturated carbocycles. The summed E-state index contributed by atoms with van der Waals surface area (Å²) in [6.45, 7) is 2.32. The van der Waals surface area contributed by atoms with Crippen LogP contribution >= 0.6 is 15.9 Å². The summed E-state index contributed by atoms with van der Waals surface area (Å²) in [7, 11) is 0. The SMILES string of the molecule is Cc1n(C(c2ccccc2)c2cc3ccccc3o2)cc[n+]1CC(=O)c1ccc(Br)cc1.[Br-]. The van der Waals surface area contributed by atoms with E-state index in [1.165, 1.54) is 0 Å². The predicted molar refractivity (Wildman–Crippen MR) is 128 cm³/mol. The van der Waals surface area contributed by atoms with E-state index in [1.807, 2.05) is 84.5 Å². The Kier molecular flexibility index (Phi) is 6.96. The first kappa shape index (κ1) is 23.2. The van der Waals surface area contributed by atoms with Crippen LogP contribution in [-0.2, 0) is 6.54 Å². The summed E-state index contributed by atoms with van der Waals surface area (Å²) in [6.07, 6.45) is 3.99. The molecule has 1 atom stereocenters.